The molecular weight excluding hydrogens is 348 g/mol. The number of aliphatic hydroxyl groups is 2. The minimum absolute atomic E-state index is 0.138. The van der Waals surface area contributed by atoms with Crippen LogP contribution in [0.5, 0.6) is 5.75 Å². The van der Waals surface area contributed by atoms with Gasteiger partial charge in [0.05, 0.1) is 0 Å². The molecule has 28 heavy (non-hydrogen) atoms. The van der Waals surface area contributed by atoms with Gasteiger partial charge in [-0.25, -0.2) is 0 Å². The molecule has 0 spiro atoms. The summed E-state index contributed by atoms with van der Waals surface area (Å²) in [6, 6.07) is 20.4. The number of phenolic OH excluding ortho intramolecular Hbond substituents is 1. The Kier molecular flexibility index (Phi) is 6.85. The van der Waals surface area contributed by atoms with Crippen molar-refractivity contribution in [2.45, 2.75) is 32.6 Å². The zero-order chi connectivity index (χ0) is 19.9. The molecule has 0 atom stereocenters. The van der Waals surface area contributed by atoms with Gasteiger partial charge in [0.2, 0.25) is 0 Å². The predicted octanol–water partition coefficient (Wildman–Crippen LogP) is 3.95. The first-order valence-electron chi connectivity index (χ1n) is 9.77. The second-order valence-electron chi connectivity index (χ2n) is 7.37. The number of benzene rings is 3. The fraction of sp³-hybridized carbons (Fsp3) is 0.280. The Morgan fingerprint density at radius 2 is 1.07 bits per heavy atom. The Morgan fingerprint density at radius 1 is 0.643 bits per heavy atom. The van der Waals surface area contributed by atoms with E-state index < -0.39 is 0 Å². The van der Waals surface area contributed by atoms with Gasteiger partial charge in [-0.3, -0.25) is 0 Å². The lowest BCUT2D eigenvalue weighted by Gasteiger charge is -2.13. The zero-order valence-corrected chi connectivity index (χ0v) is 16.4. The van der Waals surface area contributed by atoms with E-state index in [4.69, 9.17) is 10.2 Å². The van der Waals surface area contributed by atoms with Crippen LogP contribution in [0, 0.1) is 6.92 Å². The molecule has 3 N–H and O–H groups in total. The average molecular weight is 376 g/mol. The molecule has 3 aromatic carbocycles. The Balaban J connectivity index is 1.86. The highest BCUT2D eigenvalue weighted by Gasteiger charge is 2.11. The molecule has 3 nitrogen and oxygen atoms in total. The summed E-state index contributed by atoms with van der Waals surface area (Å²) >= 11 is 0. The minimum Gasteiger partial charge on any atom is -0.507 e. The molecule has 0 amide bonds. The summed E-state index contributed by atoms with van der Waals surface area (Å²) in [4.78, 5) is 0. The zero-order valence-electron chi connectivity index (χ0n) is 16.4. The number of hydrogen-bond donors (Lipinski definition) is 3. The standard InChI is InChI=1S/C25H28O3/c1-18-12-23(16-21-6-2-4-19(14-21)8-10-26)25(28)24(13-18)17-22-7-3-5-20(15-22)9-11-27/h2-7,12-15,26-28H,8-11,16-17H2,1H3. The highest BCUT2D eigenvalue weighted by atomic mass is 16.3. The van der Waals surface area contributed by atoms with Crippen molar-refractivity contribution in [3.05, 3.63) is 99.6 Å². The molecule has 3 aromatic rings. The lowest BCUT2D eigenvalue weighted by molar-refractivity contribution is 0.299. The van der Waals surface area contributed by atoms with Gasteiger partial charge in [0.15, 0.2) is 0 Å². The van der Waals surface area contributed by atoms with Gasteiger partial charge < -0.3 is 15.3 Å². The van der Waals surface area contributed by atoms with Gasteiger partial charge in [-0.1, -0.05) is 66.2 Å². The highest BCUT2D eigenvalue weighted by molar-refractivity contribution is 5.48. The van der Waals surface area contributed by atoms with Crippen LogP contribution < -0.4 is 0 Å². The van der Waals surface area contributed by atoms with Crippen molar-refractivity contribution < 1.29 is 15.3 Å². The summed E-state index contributed by atoms with van der Waals surface area (Å²) in [7, 11) is 0. The van der Waals surface area contributed by atoms with E-state index in [0.717, 1.165) is 38.9 Å². The van der Waals surface area contributed by atoms with Crippen LogP contribution in [-0.4, -0.2) is 28.5 Å². The third-order valence-corrected chi connectivity index (χ3v) is 4.99. The molecule has 0 unspecified atom stereocenters. The number of aliphatic hydroxyl groups excluding tert-OH is 2. The molecule has 0 aliphatic heterocycles. The SMILES string of the molecule is Cc1cc(Cc2cccc(CCO)c2)c(O)c(Cc2cccc(CCO)c2)c1. The number of hydrogen-bond acceptors (Lipinski definition) is 3. The molecule has 3 heteroatoms. The summed E-state index contributed by atoms with van der Waals surface area (Å²) in [5, 5.41) is 29.2. The summed E-state index contributed by atoms with van der Waals surface area (Å²) < 4.78 is 0. The Morgan fingerprint density at radius 3 is 1.50 bits per heavy atom. The maximum atomic E-state index is 10.9. The molecule has 0 aromatic heterocycles. The normalized spacial score (nSPS) is 11.0. The maximum Gasteiger partial charge on any atom is 0.122 e. The van der Waals surface area contributed by atoms with Crippen LogP contribution >= 0.6 is 0 Å². The van der Waals surface area contributed by atoms with E-state index in [1.165, 1.54) is 0 Å². The Bertz CT molecular complexity index is 858. The Hall–Kier alpha value is -2.62. The monoisotopic (exact) mass is 376 g/mol. The van der Waals surface area contributed by atoms with Crippen LogP contribution in [0.15, 0.2) is 60.7 Å². The van der Waals surface area contributed by atoms with Crippen molar-refractivity contribution in [3.63, 3.8) is 0 Å². The molecule has 3 rings (SSSR count). The van der Waals surface area contributed by atoms with Crippen LogP contribution in [0.4, 0.5) is 0 Å². The second-order valence-corrected chi connectivity index (χ2v) is 7.37. The molecule has 0 heterocycles. The van der Waals surface area contributed by atoms with Crippen LogP contribution in [-0.2, 0) is 25.7 Å². The van der Waals surface area contributed by atoms with E-state index in [1.807, 2.05) is 36.4 Å². The highest BCUT2D eigenvalue weighted by Crippen LogP contribution is 2.29. The van der Waals surface area contributed by atoms with Gasteiger partial charge in [-0.2, -0.15) is 0 Å². The molecule has 0 aliphatic rings. The summed E-state index contributed by atoms with van der Waals surface area (Å²) in [6.45, 7) is 2.33. The molecule has 0 saturated heterocycles. The first kappa shape index (κ1) is 20.1. The summed E-state index contributed by atoms with van der Waals surface area (Å²) in [5.74, 6) is 0.353. The van der Waals surface area contributed by atoms with Crippen molar-refractivity contribution in [2.75, 3.05) is 13.2 Å². The van der Waals surface area contributed by atoms with E-state index in [0.29, 0.717) is 31.4 Å². The lowest BCUT2D eigenvalue weighted by Crippen LogP contribution is -1.98. The topological polar surface area (TPSA) is 60.7 Å². The smallest absolute Gasteiger partial charge is 0.122 e. The molecule has 146 valence electrons. The first-order valence-corrected chi connectivity index (χ1v) is 9.77. The van der Waals surface area contributed by atoms with Crippen LogP contribution in [0.25, 0.3) is 0 Å². The van der Waals surface area contributed by atoms with E-state index in [1.54, 1.807) is 0 Å². The average Bonchev–Trinajstić information content (AvgIpc) is 2.67. The third-order valence-electron chi connectivity index (χ3n) is 4.99. The largest absolute Gasteiger partial charge is 0.507 e. The van der Waals surface area contributed by atoms with Crippen molar-refractivity contribution in [1.82, 2.24) is 0 Å². The van der Waals surface area contributed by atoms with E-state index in [2.05, 4.69) is 31.2 Å². The van der Waals surface area contributed by atoms with Crippen molar-refractivity contribution >= 4 is 0 Å². The fourth-order valence-corrected chi connectivity index (χ4v) is 3.69. The Labute approximate surface area is 166 Å². The molecule has 0 radical (unpaired) electrons. The molecule has 0 saturated carbocycles. The van der Waals surface area contributed by atoms with Gasteiger partial charge in [0.1, 0.15) is 5.75 Å². The fourth-order valence-electron chi connectivity index (χ4n) is 3.69. The summed E-state index contributed by atoms with van der Waals surface area (Å²) in [5.41, 5.74) is 7.43. The molecule has 0 fully saturated rings. The van der Waals surface area contributed by atoms with E-state index in [-0.39, 0.29) is 13.2 Å². The quantitative estimate of drug-likeness (QED) is 0.558. The van der Waals surface area contributed by atoms with Gasteiger partial charge in [0, 0.05) is 26.1 Å². The minimum atomic E-state index is 0.138. The first-order chi connectivity index (χ1) is 13.6. The van der Waals surface area contributed by atoms with E-state index >= 15 is 0 Å². The molecular formula is C25H28O3. The maximum absolute atomic E-state index is 10.9. The number of phenols is 1. The van der Waals surface area contributed by atoms with Crippen molar-refractivity contribution in [1.29, 1.82) is 0 Å². The molecule has 0 aliphatic carbocycles. The van der Waals surface area contributed by atoms with Gasteiger partial charge >= 0.3 is 0 Å². The second kappa shape index (κ2) is 9.54. The van der Waals surface area contributed by atoms with Gasteiger partial charge in [-0.15, -0.1) is 0 Å². The molecule has 0 bridgehead atoms. The number of rotatable bonds is 8. The van der Waals surface area contributed by atoms with Crippen LogP contribution in [0.2, 0.25) is 0 Å². The van der Waals surface area contributed by atoms with Crippen molar-refractivity contribution in [2.24, 2.45) is 0 Å². The lowest BCUT2D eigenvalue weighted by atomic mass is 9.94. The number of aromatic hydroxyl groups is 1. The van der Waals surface area contributed by atoms with Crippen molar-refractivity contribution in [3.8, 4) is 5.75 Å². The predicted molar refractivity (Wildman–Crippen MR) is 113 cm³/mol. The summed E-state index contributed by atoms with van der Waals surface area (Å²) in [6.07, 6.45) is 2.60. The third kappa shape index (κ3) is 5.22. The van der Waals surface area contributed by atoms with Gasteiger partial charge in [0.25, 0.3) is 0 Å². The van der Waals surface area contributed by atoms with Gasteiger partial charge in [-0.05, 0) is 53.1 Å². The van der Waals surface area contributed by atoms with Crippen LogP contribution in [0.3, 0.4) is 0 Å². The van der Waals surface area contributed by atoms with Crippen LogP contribution in [0.1, 0.15) is 38.9 Å². The number of aryl methyl sites for hydroxylation is 1. The van der Waals surface area contributed by atoms with E-state index in [9.17, 15) is 5.11 Å².